The molecular formula is C32H21CrN10Na2O11S. The predicted octanol–water partition coefficient (Wildman–Crippen LogP) is -2.09. The molecule has 0 amide bonds. The second-order valence-electron chi connectivity index (χ2n) is 10.8. The first-order valence-electron chi connectivity index (χ1n) is 14.9. The third-order valence-corrected chi connectivity index (χ3v) is 7.99. The fourth-order valence-electron chi connectivity index (χ4n) is 4.56. The summed E-state index contributed by atoms with van der Waals surface area (Å²) in [6.45, 7) is 3.05. The van der Waals surface area contributed by atoms with Gasteiger partial charge in [-0.15, -0.1) is 21.6 Å². The summed E-state index contributed by atoms with van der Waals surface area (Å²) in [4.78, 5) is 43.5. The van der Waals surface area contributed by atoms with E-state index < -0.39 is 58.9 Å². The Bertz CT molecular complexity index is 2700. The van der Waals surface area contributed by atoms with E-state index in [4.69, 9.17) is 0 Å². The number of aromatic nitrogens is 4. The number of non-ortho nitro benzene ring substituents is 2. The van der Waals surface area contributed by atoms with Gasteiger partial charge in [0, 0.05) is 35.6 Å². The number of hydrogen-bond donors (Lipinski definition) is 0. The van der Waals surface area contributed by atoms with Crippen LogP contribution in [0.5, 0.6) is 11.5 Å². The topological polar surface area (TPSA) is 311 Å². The molecule has 279 valence electrons. The van der Waals surface area contributed by atoms with Crippen LogP contribution >= 0.6 is 0 Å². The van der Waals surface area contributed by atoms with Gasteiger partial charge >= 0.3 is 76.5 Å². The molecule has 25 heteroatoms. The standard InChI is InChI=1S/C16H13N5O7S.C16H13N5O4.Cr.2Na/c1-9-14(16(23)20(19-9)10-5-3-2-4-6-10)18-17-12-7-11(21(24)25)8-13(15(12)22)29(26,27)28;1-10-15(16(23)20(19-10)11-5-3-2-4-6-11)18-17-13-8-7-12(21(24)25)9-14(13)22;;;/h2-8H,1H3,(H3,17,18,19,22,23,26,27,28);2-9H,1H3,(H2,17,18,19,22,23);;;/q;;+3;2*+1/p-5. The zero-order valence-corrected chi connectivity index (χ0v) is 36.0. The maximum atomic E-state index is 12.5. The van der Waals surface area contributed by atoms with E-state index in [2.05, 4.69) is 30.7 Å². The summed E-state index contributed by atoms with van der Waals surface area (Å²) in [6.07, 6.45) is 0. The minimum atomic E-state index is -5.29. The van der Waals surface area contributed by atoms with Gasteiger partial charge in [0.1, 0.15) is 21.5 Å². The quantitative estimate of drug-likeness (QED) is 0.0496. The van der Waals surface area contributed by atoms with E-state index >= 15 is 0 Å². The van der Waals surface area contributed by atoms with Gasteiger partial charge in [-0.25, -0.2) is 8.42 Å². The molecule has 0 spiro atoms. The molecule has 0 aliphatic carbocycles. The number of benzene rings is 4. The molecule has 0 saturated carbocycles. The van der Waals surface area contributed by atoms with Gasteiger partial charge in [-0.2, -0.15) is 10.2 Å². The summed E-state index contributed by atoms with van der Waals surface area (Å²) in [7, 11) is -5.29. The second kappa shape index (κ2) is 20.4. The van der Waals surface area contributed by atoms with E-state index in [-0.39, 0.29) is 105 Å². The molecule has 1 radical (unpaired) electrons. The minimum Gasteiger partial charge on any atom is -0.871 e. The Balaban J connectivity index is 0.000000377. The molecule has 2 aromatic heterocycles. The molecule has 57 heavy (non-hydrogen) atoms. The molecule has 6 aromatic rings. The van der Waals surface area contributed by atoms with Gasteiger partial charge in [0.05, 0.1) is 26.1 Å². The number of aryl methyl sites for hydroxylation is 2. The monoisotopic (exact) mass is 851 g/mol. The first-order valence-corrected chi connectivity index (χ1v) is 16.4. The third kappa shape index (κ3) is 11.3. The molecule has 0 aliphatic rings. The molecule has 6 rings (SSSR count). The van der Waals surface area contributed by atoms with E-state index in [0.29, 0.717) is 29.2 Å². The van der Waals surface area contributed by atoms with Crippen molar-refractivity contribution in [1.29, 1.82) is 0 Å². The molecule has 0 unspecified atom stereocenters. The maximum absolute atomic E-state index is 12.5. The largest absolute Gasteiger partial charge is 3.00 e. The van der Waals surface area contributed by atoms with Crippen LogP contribution in [0, 0.1) is 34.1 Å². The van der Waals surface area contributed by atoms with Crippen molar-refractivity contribution >= 4 is 44.2 Å². The molecule has 0 bridgehead atoms. The van der Waals surface area contributed by atoms with Crippen LogP contribution in [0.15, 0.2) is 126 Å². The van der Waals surface area contributed by atoms with Gasteiger partial charge in [-0.05, 0) is 30.3 Å². The fraction of sp³-hybridized carbons (Fsp3) is 0.0625. The molecule has 0 fully saturated rings. The average molecular weight is 852 g/mol. The maximum Gasteiger partial charge on any atom is 3.00 e. The number of hydrogen-bond acceptors (Lipinski definition) is 15. The summed E-state index contributed by atoms with van der Waals surface area (Å²) in [5.41, 5.74) is -1.92. The Labute approximate surface area is 375 Å². The van der Waals surface area contributed by atoms with Crippen LogP contribution in [0.4, 0.5) is 34.1 Å². The molecule has 0 atom stereocenters. The van der Waals surface area contributed by atoms with Crippen molar-refractivity contribution in [1.82, 2.24) is 19.6 Å². The van der Waals surface area contributed by atoms with E-state index in [1.165, 1.54) is 17.7 Å². The van der Waals surface area contributed by atoms with Crippen LogP contribution in [-0.2, 0) is 27.5 Å². The molecule has 21 nitrogen and oxygen atoms in total. The number of rotatable bonds is 9. The van der Waals surface area contributed by atoms with Crippen LogP contribution in [0.25, 0.3) is 11.4 Å². The third-order valence-electron chi connectivity index (χ3n) is 7.15. The van der Waals surface area contributed by atoms with E-state index in [1.54, 1.807) is 61.5 Å². The van der Waals surface area contributed by atoms with Crippen molar-refractivity contribution in [2.75, 3.05) is 0 Å². The van der Waals surface area contributed by atoms with Crippen LogP contribution < -0.4 is 90.6 Å². The minimum absolute atomic E-state index is 0. The summed E-state index contributed by atoms with van der Waals surface area (Å²) in [5.74, 6) is -2.02. The van der Waals surface area contributed by atoms with Crippen molar-refractivity contribution in [3.05, 3.63) is 143 Å². The van der Waals surface area contributed by atoms with Gasteiger partial charge in [-0.1, -0.05) is 61.7 Å². The Morgan fingerprint density at radius 3 is 1.47 bits per heavy atom. The van der Waals surface area contributed by atoms with Crippen molar-refractivity contribution in [3.63, 3.8) is 0 Å². The number of nitrogens with zero attached hydrogens (tertiary/aromatic N) is 10. The van der Waals surface area contributed by atoms with Crippen LogP contribution in [-0.4, -0.2) is 32.2 Å². The van der Waals surface area contributed by atoms with Crippen LogP contribution in [0.1, 0.15) is 11.4 Å². The molecule has 2 heterocycles. The molecule has 0 saturated heterocycles. The number of azo groups is 2. The van der Waals surface area contributed by atoms with E-state index in [9.17, 15) is 53.0 Å². The molecule has 4 aromatic carbocycles. The van der Waals surface area contributed by atoms with E-state index in [0.717, 1.165) is 16.8 Å². The van der Waals surface area contributed by atoms with Gasteiger partial charge in [0.25, 0.3) is 22.5 Å². The average Bonchev–Trinajstić information content (AvgIpc) is 3.59. The van der Waals surface area contributed by atoms with Crippen molar-refractivity contribution < 1.29 is 110 Å². The smallest absolute Gasteiger partial charge is 0.871 e. The zero-order chi connectivity index (χ0) is 39.3. The predicted molar refractivity (Wildman–Crippen MR) is 182 cm³/mol. The number of nitro groups is 2. The Morgan fingerprint density at radius 2 is 1.07 bits per heavy atom. The van der Waals surface area contributed by atoms with E-state index in [1.807, 2.05) is 6.07 Å². The van der Waals surface area contributed by atoms with Gasteiger partial charge in [-0.3, -0.25) is 29.8 Å². The summed E-state index contributed by atoms with van der Waals surface area (Å²) >= 11 is 0. The SMILES string of the molecule is Cc1[n-]n(-c2ccccc2)c(=O)c1N=Nc1cc([N+](=O)[O-])cc(S(=O)(=O)[O-])c1[O-].Cc1[n-]n(-c2ccccc2)c(=O)c1N=Nc1ccc([N+](=O)[O-])cc1[O-].[Cr+3].[Na+].[Na+]. The Hall–Kier alpha value is -5.06. The summed E-state index contributed by atoms with van der Waals surface area (Å²) < 4.78 is 35.9. The Kier molecular flexibility index (Phi) is 17.2. The first kappa shape index (κ1) is 48.1. The molecular weight excluding hydrogens is 830 g/mol. The fourth-order valence-corrected chi connectivity index (χ4v) is 5.16. The van der Waals surface area contributed by atoms with Crippen LogP contribution in [0.3, 0.4) is 0 Å². The summed E-state index contributed by atoms with van der Waals surface area (Å²) in [5, 5.41) is 68.4. The van der Waals surface area contributed by atoms with Gasteiger partial charge in [0.2, 0.25) is 0 Å². The summed E-state index contributed by atoms with van der Waals surface area (Å²) in [6, 6.07) is 21.3. The van der Waals surface area contributed by atoms with Crippen molar-refractivity contribution in [3.8, 4) is 22.9 Å². The number of nitro benzene ring substituents is 2. The molecule has 0 aliphatic heterocycles. The number of para-hydroxylation sites is 2. The second-order valence-corrected chi connectivity index (χ2v) is 12.1. The van der Waals surface area contributed by atoms with Crippen LogP contribution in [0.2, 0.25) is 0 Å². The zero-order valence-electron chi connectivity index (χ0n) is 29.9. The van der Waals surface area contributed by atoms with Gasteiger partial charge < -0.3 is 34.3 Å². The first-order chi connectivity index (χ1) is 25.6. The Morgan fingerprint density at radius 1 is 0.632 bits per heavy atom. The van der Waals surface area contributed by atoms with Gasteiger partial charge in [0.15, 0.2) is 0 Å². The van der Waals surface area contributed by atoms with Crippen molar-refractivity contribution in [2.45, 2.75) is 18.7 Å². The van der Waals surface area contributed by atoms with Crippen molar-refractivity contribution in [2.24, 2.45) is 20.5 Å². The molecule has 0 N–H and O–H groups in total. The normalized spacial score (nSPS) is 10.9.